The van der Waals surface area contributed by atoms with Gasteiger partial charge in [0.1, 0.15) is 12.2 Å². The summed E-state index contributed by atoms with van der Waals surface area (Å²) in [6.45, 7) is 17.5. The van der Waals surface area contributed by atoms with E-state index < -0.39 is 20.2 Å². The van der Waals surface area contributed by atoms with E-state index >= 15 is 0 Å². The minimum atomic E-state index is -2.69. The first-order valence-electron chi connectivity index (χ1n) is 13.3. The molecule has 1 aliphatic rings. The van der Waals surface area contributed by atoms with E-state index in [1.807, 2.05) is 26.8 Å². The maximum absolute atomic E-state index is 10.7. The molecule has 1 aliphatic heterocycles. The van der Waals surface area contributed by atoms with Crippen LogP contribution in [0.1, 0.15) is 68.2 Å². The van der Waals surface area contributed by atoms with E-state index in [1.165, 1.54) is 10.4 Å². The predicted octanol–water partition coefficient (Wildman–Crippen LogP) is 5.83. The fraction of sp³-hybridized carbons (Fsp3) is 0.548. The molecule has 0 aliphatic carbocycles. The molecule has 1 heterocycles. The Balaban J connectivity index is 1.93. The number of aliphatic hydroxyl groups excluding tert-OH is 1. The maximum atomic E-state index is 10.7. The van der Waals surface area contributed by atoms with Crippen LogP contribution in [0.2, 0.25) is 5.04 Å². The van der Waals surface area contributed by atoms with Crippen LogP contribution in [-0.2, 0) is 13.9 Å². The molecule has 3 atom stereocenters. The van der Waals surface area contributed by atoms with Gasteiger partial charge in [-0.05, 0) is 60.5 Å². The zero-order valence-electron chi connectivity index (χ0n) is 23.5. The van der Waals surface area contributed by atoms with Gasteiger partial charge in [0.05, 0.1) is 12.7 Å². The number of benzene rings is 2. The molecule has 0 aromatic heterocycles. The van der Waals surface area contributed by atoms with Crippen LogP contribution in [0.3, 0.4) is 0 Å². The maximum Gasteiger partial charge on any atom is 0.261 e. The minimum absolute atomic E-state index is 0.112. The van der Waals surface area contributed by atoms with Gasteiger partial charge < -0.3 is 19.0 Å². The third-order valence-electron chi connectivity index (χ3n) is 7.07. The van der Waals surface area contributed by atoms with Crippen LogP contribution < -0.4 is 10.4 Å². The van der Waals surface area contributed by atoms with Gasteiger partial charge in [-0.2, -0.15) is 0 Å². The van der Waals surface area contributed by atoms with E-state index in [2.05, 4.69) is 95.3 Å². The van der Waals surface area contributed by atoms with Crippen molar-refractivity contribution in [3.05, 3.63) is 72.3 Å². The van der Waals surface area contributed by atoms with Crippen LogP contribution in [0.4, 0.5) is 0 Å². The summed E-state index contributed by atoms with van der Waals surface area (Å²) in [5.41, 5.74) is 0.928. The van der Waals surface area contributed by atoms with E-state index in [1.54, 1.807) is 0 Å². The SMILES string of the molecule is C/C(=C\[C@@H]1OC(C)(C)O[C@@H]1CO[Si](c1ccccc1)(c1ccccc1)C(C)(C)C)[C@@H](O)CCC(C)C. The highest BCUT2D eigenvalue weighted by molar-refractivity contribution is 6.99. The molecule has 0 saturated carbocycles. The van der Waals surface area contributed by atoms with Gasteiger partial charge in [0.15, 0.2) is 5.79 Å². The number of ether oxygens (including phenoxy) is 2. The second-order valence-electron chi connectivity index (χ2n) is 12.0. The third-order valence-corrected chi connectivity index (χ3v) is 12.1. The van der Waals surface area contributed by atoms with Crippen LogP contribution in [0.5, 0.6) is 0 Å². The Kier molecular flexibility index (Phi) is 9.39. The highest BCUT2D eigenvalue weighted by atomic mass is 28.4. The van der Waals surface area contributed by atoms with Gasteiger partial charge in [-0.25, -0.2) is 0 Å². The first kappa shape index (κ1) is 28.8. The Morgan fingerprint density at radius 2 is 1.50 bits per heavy atom. The molecule has 0 spiro atoms. The predicted molar refractivity (Wildman–Crippen MR) is 151 cm³/mol. The smallest absolute Gasteiger partial charge is 0.261 e. The Morgan fingerprint density at radius 1 is 0.972 bits per heavy atom. The second kappa shape index (κ2) is 11.7. The van der Waals surface area contributed by atoms with Gasteiger partial charge in [-0.3, -0.25) is 0 Å². The molecule has 1 saturated heterocycles. The average Bonchev–Trinajstić information content (AvgIpc) is 3.11. The molecule has 198 valence electrons. The molecule has 0 radical (unpaired) electrons. The molecule has 5 heteroatoms. The van der Waals surface area contributed by atoms with Crippen LogP contribution in [0.15, 0.2) is 72.3 Å². The first-order valence-corrected chi connectivity index (χ1v) is 15.2. The van der Waals surface area contributed by atoms with E-state index in [4.69, 9.17) is 13.9 Å². The molecule has 1 fully saturated rings. The standard InChI is InChI=1S/C31H46O4Si/c1-23(2)19-20-27(32)24(3)21-28-29(35-31(7,8)34-28)22-33-36(30(4,5)6,25-15-11-9-12-16-25)26-17-13-10-14-18-26/h9-18,21,23,27-29,32H,19-20,22H2,1-8H3/b24-21+/t27-,28-,29+/m0/s1. The molecule has 1 N–H and O–H groups in total. The largest absolute Gasteiger partial charge is 0.405 e. The zero-order valence-corrected chi connectivity index (χ0v) is 24.5. The number of hydrogen-bond donors (Lipinski definition) is 1. The summed E-state index contributed by atoms with van der Waals surface area (Å²) in [6, 6.07) is 21.3. The van der Waals surface area contributed by atoms with E-state index in [-0.39, 0.29) is 17.2 Å². The van der Waals surface area contributed by atoms with Gasteiger partial charge in [0.25, 0.3) is 8.32 Å². The highest BCUT2D eigenvalue weighted by Crippen LogP contribution is 2.38. The highest BCUT2D eigenvalue weighted by Gasteiger charge is 2.51. The van der Waals surface area contributed by atoms with Crippen LogP contribution >= 0.6 is 0 Å². The van der Waals surface area contributed by atoms with Gasteiger partial charge in [-0.1, -0.05) is 101 Å². The molecule has 2 aromatic rings. The third kappa shape index (κ3) is 6.76. The van der Waals surface area contributed by atoms with Crippen molar-refractivity contribution >= 4 is 18.7 Å². The molecule has 3 rings (SSSR count). The topological polar surface area (TPSA) is 47.9 Å². The lowest BCUT2D eigenvalue weighted by atomic mass is 9.99. The van der Waals surface area contributed by atoms with Crippen molar-refractivity contribution in [2.24, 2.45) is 5.92 Å². The Morgan fingerprint density at radius 3 is 1.97 bits per heavy atom. The lowest BCUT2D eigenvalue weighted by molar-refractivity contribution is -0.145. The fourth-order valence-corrected chi connectivity index (χ4v) is 9.76. The average molecular weight is 511 g/mol. The van der Waals surface area contributed by atoms with E-state index in [0.29, 0.717) is 12.5 Å². The van der Waals surface area contributed by atoms with Gasteiger partial charge in [0, 0.05) is 0 Å². The summed E-state index contributed by atoms with van der Waals surface area (Å²) in [4.78, 5) is 0. The molecule has 4 nitrogen and oxygen atoms in total. The Bertz CT molecular complexity index is 939. The van der Waals surface area contributed by atoms with Crippen molar-refractivity contribution in [2.75, 3.05) is 6.61 Å². The van der Waals surface area contributed by atoms with Gasteiger partial charge in [0.2, 0.25) is 0 Å². The Hall–Kier alpha value is -1.76. The van der Waals surface area contributed by atoms with Crippen LogP contribution in [0.25, 0.3) is 0 Å². The van der Waals surface area contributed by atoms with Crippen molar-refractivity contribution in [3.63, 3.8) is 0 Å². The van der Waals surface area contributed by atoms with Crippen molar-refractivity contribution in [3.8, 4) is 0 Å². The first-order chi connectivity index (χ1) is 16.9. The minimum Gasteiger partial charge on any atom is -0.405 e. The zero-order chi connectivity index (χ0) is 26.6. The molecule has 0 bridgehead atoms. The van der Waals surface area contributed by atoms with Gasteiger partial charge >= 0.3 is 0 Å². The molecule has 0 unspecified atom stereocenters. The molecule has 0 amide bonds. The van der Waals surface area contributed by atoms with Gasteiger partial charge in [-0.15, -0.1) is 0 Å². The van der Waals surface area contributed by atoms with Crippen molar-refractivity contribution in [1.82, 2.24) is 0 Å². The lowest BCUT2D eigenvalue weighted by Crippen LogP contribution is -2.67. The van der Waals surface area contributed by atoms with Crippen LogP contribution in [-0.4, -0.2) is 44.1 Å². The Labute approximate surface area is 219 Å². The van der Waals surface area contributed by atoms with Crippen molar-refractivity contribution < 1.29 is 19.0 Å². The monoisotopic (exact) mass is 510 g/mol. The molecule has 36 heavy (non-hydrogen) atoms. The van der Waals surface area contributed by atoms with Crippen molar-refractivity contribution in [2.45, 2.75) is 97.4 Å². The molecule has 2 aromatic carbocycles. The summed E-state index contributed by atoms with van der Waals surface area (Å²) >= 11 is 0. The molecular weight excluding hydrogens is 464 g/mol. The van der Waals surface area contributed by atoms with Crippen molar-refractivity contribution in [1.29, 1.82) is 0 Å². The number of aliphatic hydroxyl groups is 1. The normalized spacial score (nSPS) is 21.7. The lowest BCUT2D eigenvalue weighted by Gasteiger charge is -2.43. The summed E-state index contributed by atoms with van der Waals surface area (Å²) in [5, 5.41) is 13.1. The quantitative estimate of drug-likeness (QED) is 0.323. The fourth-order valence-electron chi connectivity index (χ4n) is 5.19. The summed E-state index contributed by atoms with van der Waals surface area (Å²) in [6.07, 6.45) is 2.75. The summed E-state index contributed by atoms with van der Waals surface area (Å²) in [7, 11) is -2.69. The van der Waals surface area contributed by atoms with E-state index in [0.717, 1.165) is 18.4 Å². The van der Waals surface area contributed by atoms with Crippen LogP contribution in [0, 0.1) is 5.92 Å². The second-order valence-corrected chi connectivity index (χ2v) is 16.3. The summed E-state index contributed by atoms with van der Waals surface area (Å²) in [5.74, 6) is -0.158. The number of hydrogen-bond acceptors (Lipinski definition) is 4. The van der Waals surface area contributed by atoms with E-state index in [9.17, 15) is 5.11 Å². The summed E-state index contributed by atoms with van der Waals surface area (Å²) < 4.78 is 19.8. The molecular formula is C31H46O4Si. The number of rotatable bonds is 10.